The van der Waals surface area contributed by atoms with Crippen LogP contribution in [0.3, 0.4) is 0 Å². The maximum Gasteiger partial charge on any atom is 0.265 e. The van der Waals surface area contributed by atoms with Crippen LogP contribution in [-0.4, -0.2) is 34.8 Å². The zero-order valence-electron chi connectivity index (χ0n) is 12.9. The number of likely N-dealkylation sites (tertiary alicyclic amines) is 1. The second-order valence-corrected chi connectivity index (χ2v) is 7.63. The molecule has 0 bridgehead atoms. The van der Waals surface area contributed by atoms with Crippen molar-refractivity contribution >= 4 is 34.5 Å². The summed E-state index contributed by atoms with van der Waals surface area (Å²) in [6.07, 6.45) is 2.09. The molecule has 0 atom stereocenters. The highest BCUT2D eigenvalue weighted by atomic mass is 32.1. The fourth-order valence-corrected chi connectivity index (χ4v) is 4.62. The highest BCUT2D eigenvalue weighted by molar-refractivity contribution is 7.17. The lowest BCUT2D eigenvalue weighted by Gasteiger charge is -2.31. The Labute approximate surface area is 143 Å². The first-order valence-corrected chi connectivity index (χ1v) is 9.38. The monoisotopic (exact) mass is 349 g/mol. The number of thiazole rings is 1. The Morgan fingerprint density at radius 1 is 1.39 bits per heavy atom. The molecule has 1 fully saturated rings. The van der Waals surface area contributed by atoms with Gasteiger partial charge in [-0.3, -0.25) is 9.59 Å². The van der Waals surface area contributed by atoms with Crippen LogP contribution in [0.2, 0.25) is 0 Å². The van der Waals surface area contributed by atoms with Crippen molar-refractivity contribution in [3.8, 4) is 10.6 Å². The number of carbonyl (C=O) groups is 2. The lowest BCUT2D eigenvalue weighted by molar-refractivity contribution is -0.119. The molecule has 0 spiro atoms. The number of primary amides is 1. The number of nitrogens with two attached hydrogens (primary N) is 1. The number of rotatable bonds is 4. The van der Waals surface area contributed by atoms with E-state index in [2.05, 4.69) is 4.98 Å². The Balaban J connectivity index is 1.68. The fourth-order valence-electron chi connectivity index (χ4n) is 2.87. The van der Waals surface area contributed by atoms with Gasteiger partial charge >= 0.3 is 0 Å². The minimum atomic E-state index is -0.256. The van der Waals surface area contributed by atoms with Crippen molar-refractivity contribution in [1.29, 1.82) is 0 Å². The van der Waals surface area contributed by atoms with Gasteiger partial charge in [0.1, 0.15) is 9.88 Å². The van der Waals surface area contributed by atoms with Gasteiger partial charge in [0.25, 0.3) is 5.91 Å². The van der Waals surface area contributed by atoms with E-state index >= 15 is 0 Å². The number of aromatic nitrogens is 1. The first-order chi connectivity index (χ1) is 11.0. The van der Waals surface area contributed by atoms with Gasteiger partial charge in [-0.1, -0.05) is 0 Å². The minimum absolute atomic E-state index is 0.0546. The predicted octanol–water partition coefficient (Wildman–Crippen LogP) is 2.91. The smallest absolute Gasteiger partial charge is 0.265 e. The van der Waals surface area contributed by atoms with E-state index in [1.165, 1.54) is 11.3 Å². The van der Waals surface area contributed by atoms with Crippen molar-refractivity contribution in [3.63, 3.8) is 0 Å². The summed E-state index contributed by atoms with van der Waals surface area (Å²) in [7, 11) is 0. The van der Waals surface area contributed by atoms with Crippen LogP contribution in [0.25, 0.3) is 10.6 Å². The van der Waals surface area contributed by atoms with E-state index in [1.54, 1.807) is 11.3 Å². The molecule has 0 aromatic carbocycles. The lowest BCUT2D eigenvalue weighted by Crippen LogP contribution is -2.39. The van der Waals surface area contributed by atoms with Crippen molar-refractivity contribution in [2.75, 3.05) is 13.1 Å². The maximum atomic E-state index is 12.7. The number of hydrogen-bond donors (Lipinski definition) is 1. The molecule has 7 heteroatoms. The Hall–Kier alpha value is -1.73. The van der Waals surface area contributed by atoms with Gasteiger partial charge in [-0.25, -0.2) is 4.98 Å². The van der Waals surface area contributed by atoms with Gasteiger partial charge in [0, 0.05) is 30.5 Å². The summed E-state index contributed by atoms with van der Waals surface area (Å²) in [6.45, 7) is 3.25. The molecule has 2 N–H and O–H groups in total. The Bertz CT molecular complexity index is 701. The molecule has 0 aliphatic carbocycles. The van der Waals surface area contributed by atoms with Crippen LogP contribution in [-0.2, 0) is 4.79 Å². The molecule has 5 nitrogen and oxygen atoms in total. The van der Waals surface area contributed by atoms with E-state index in [9.17, 15) is 9.59 Å². The molecule has 1 aliphatic heterocycles. The highest BCUT2D eigenvalue weighted by Crippen LogP contribution is 2.31. The summed E-state index contributed by atoms with van der Waals surface area (Å²) in [6, 6.07) is 2.02. The molecule has 23 heavy (non-hydrogen) atoms. The van der Waals surface area contributed by atoms with Gasteiger partial charge in [0.05, 0.1) is 5.69 Å². The molecule has 3 heterocycles. The standard InChI is InChI=1S/C16H19N3O2S2/c1-10-14(23-15(18-10)12-4-7-22-9-12)16(21)19-5-2-11(3-6-19)8-13(17)20/h4,7,9,11H,2-3,5-6,8H2,1H3,(H2,17,20). The van der Waals surface area contributed by atoms with Crippen LogP contribution >= 0.6 is 22.7 Å². The van der Waals surface area contributed by atoms with Crippen molar-refractivity contribution in [2.24, 2.45) is 11.7 Å². The maximum absolute atomic E-state index is 12.7. The molecule has 3 rings (SSSR count). The molecule has 2 aromatic heterocycles. The van der Waals surface area contributed by atoms with Crippen LogP contribution in [0.5, 0.6) is 0 Å². The number of amides is 2. The lowest BCUT2D eigenvalue weighted by atomic mass is 9.93. The van der Waals surface area contributed by atoms with Crippen molar-refractivity contribution in [1.82, 2.24) is 9.88 Å². The summed E-state index contributed by atoms with van der Waals surface area (Å²) in [4.78, 5) is 30.9. The third-order valence-corrected chi connectivity index (χ3v) is 6.03. The molecule has 2 amide bonds. The first-order valence-electron chi connectivity index (χ1n) is 7.62. The number of piperidine rings is 1. The van der Waals surface area contributed by atoms with Gasteiger partial charge in [0.2, 0.25) is 5.91 Å². The van der Waals surface area contributed by atoms with E-state index in [0.29, 0.717) is 25.4 Å². The van der Waals surface area contributed by atoms with Gasteiger partial charge in [-0.15, -0.1) is 11.3 Å². The first kappa shape index (κ1) is 16.1. The SMILES string of the molecule is Cc1nc(-c2ccsc2)sc1C(=O)N1CCC(CC(N)=O)CC1. The topological polar surface area (TPSA) is 76.3 Å². The highest BCUT2D eigenvalue weighted by Gasteiger charge is 2.27. The van der Waals surface area contributed by atoms with Gasteiger partial charge < -0.3 is 10.6 Å². The Morgan fingerprint density at radius 3 is 2.74 bits per heavy atom. The minimum Gasteiger partial charge on any atom is -0.370 e. The van der Waals surface area contributed by atoms with Crippen LogP contribution < -0.4 is 5.73 Å². The number of thiophene rings is 1. The Morgan fingerprint density at radius 2 is 2.13 bits per heavy atom. The third-order valence-electron chi connectivity index (χ3n) is 4.15. The number of nitrogens with zero attached hydrogens (tertiary/aromatic N) is 2. The van der Waals surface area contributed by atoms with Crippen LogP contribution in [0.1, 0.15) is 34.6 Å². The molecular formula is C16H19N3O2S2. The van der Waals surface area contributed by atoms with E-state index in [4.69, 9.17) is 5.73 Å². The average molecular weight is 349 g/mol. The van der Waals surface area contributed by atoms with Crippen molar-refractivity contribution in [2.45, 2.75) is 26.2 Å². The molecule has 0 unspecified atom stereocenters. The molecule has 122 valence electrons. The predicted molar refractivity (Wildman–Crippen MR) is 92.6 cm³/mol. The summed E-state index contributed by atoms with van der Waals surface area (Å²) >= 11 is 3.09. The van der Waals surface area contributed by atoms with Crippen molar-refractivity contribution in [3.05, 3.63) is 27.4 Å². The summed E-state index contributed by atoms with van der Waals surface area (Å²) < 4.78 is 0. The summed E-state index contributed by atoms with van der Waals surface area (Å²) in [5.41, 5.74) is 7.12. The molecular weight excluding hydrogens is 330 g/mol. The van der Waals surface area contributed by atoms with Crippen LogP contribution in [0.4, 0.5) is 0 Å². The second kappa shape index (κ2) is 6.80. The largest absolute Gasteiger partial charge is 0.370 e. The zero-order valence-corrected chi connectivity index (χ0v) is 14.6. The molecule has 1 aliphatic rings. The zero-order chi connectivity index (χ0) is 16.4. The summed E-state index contributed by atoms with van der Waals surface area (Å²) in [5.74, 6) is 0.105. The fraction of sp³-hybridized carbons (Fsp3) is 0.438. The summed E-state index contributed by atoms with van der Waals surface area (Å²) in [5, 5.41) is 4.95. The number of carbonyl (C=O) groups excluding carboxylic acids is 2. The van der Waals surface area contributed by atoms with Crippen LogP contribution in [0, 0.1) is 12.8 Å². The number of hydrogen-bond acceptors (Lipinski definition) is 5. The Kier molecular flexibility index (Phi) is 4.77. The van der Waals surface area contributed by atoms with Crippen LogP contribution in [0.15, 0.2) is 16.8 Å². The van der Waals surface area contributed by atoms with Gasteiger partial charge in [-0.05, 0) is 37.1 Å². The van der Waals surface area contributed by atoms with Gasteiger partial charge in [0.15, 0.2) is 0 Å². The third kappa shape index (κ3) is 3.61. The second-order valence-electron chi connectivity index (χ2n) is 5.85. The molecule has 0 saturated carbocycles. The quantitative estimate of drug-likeness (QED) is 0.922. The molecule has 2 aromatic rings. The number of aryl methyl sites for hydroxylation is 1. The molecule has 0 radical (unpaired) electrons. The normalized spacial score (nSPS) is 15.8. The average Bonchev–Trinajstić information content (AvgIpc) is 3.16. The van der Waals surface area contributed by atoms with E-state index in [-0.39, 0.29) is 11.8 Å². The van der Waals surface area contributed by atoms with E-state index < -0.39 is 0 Å². The van der Waals surface area contributed by atoms with E-state index in [0.717, 1.165) is 34.0 Å². The van der Waals surface area contributed by atoms with E-state index in [1.807, 2.05) is 28.7 Å². The molecule has 1 saturated heterocycles. The van der Waals surface area contributed by atoms with Crippen molar-refractivity contribution < 1.29 is 9.59 Å². The van der Waals surface area contributed by atoms with Gasteiger partial charge in [-0.2, -0.15) is 11.3 Å².